The van der Waals surface area contributed by atoms with Crippen LogP contribution in [-0.4, -0.2) is 57.0 Å². The van der Waals surface area contributed by atoms with Crippen molar-refractivity contribution >= 4 is 5.95 Å². The van der Waals surface area contributed by atoms with Crippen LogP contribution in [0.5, 0.6) is 0 Å². The fraction of sp³-hybridized carbons (Fsp3) is 0.588. The van der Waals surface area contributed by atoms with Gasteiger partial charge < -0.3 is 10.1 Å². The number of hydrogen-bond acceptors (Lipinski definition) is 6. The van der Waals surface area contributed by atoms with E-state index < -0.39 is 0 Å². The Morgan fingerprint density at radius 3 is 2.88 bits per heavy atom. The fourth-order valence-corrected chi connectivity index (χ4v) is 3.87. The molecule has 0 bridgehead atoms. The Balaban J connectivity index is 1.34. The molecule has 24 heavy (non-hydrogen) atoms. The molecular weight excluding hydrogens is 304 g/mol. The van der Waals surface area contributed by atoms with Crippen molar-refractivity contribution < 1.29 is 4.74 Å². The molecule has 2 aromatic rings. The summed E-state index contributed by atoms with van der Waals surface area (Å²) in [6.45, 7) is 6.76. The first-order valence-electron chi connectivity index (χ1n) is 8.53. The monoisotopic (exact) mass is 328 g/mol. The molecule has 0 unspecified atom stereocenters. The molecule has 0 aromatic carbocycles. The molecule has 2 aliphatic heterocycles. The molecule has 0 radical (unpaired) electrons. The lowest BCUT2D eigenvalue weighted by molar-refractivity contribution is 0.0942. The smallest absolute Gasteiger partial charge is 0.222 e. The minimum absolute atomic E-state index is 0.350. The molecule has 7 heteroatoms. The molecule has 2 saturated heterocycles. The highest BCUT2D eigenvalue weighted by molar-refractivity contribution is 5.22. The molecule has 0 saturated carbocycles. The molecule has 0 spiro atoms. The van der Waals surface area contributed by atoms with Crippen LogP contribution < -0.4 is 5.32 Å². The molecule has 0 amide bonds. The van der Waals surface area contributed by atoms with E-state index in [-0.39, 0.29) is 0 Å². The van der Waals surface area contributed by atoms with Gasteiger partial charge in [0.25, 0.3) is 0 Å². The van der Waals surface area contributed by atoms with Gasteiger partial charge in [0.2, 0.25) is 5.95 Å². The van der Waals surface area contributed by atoms with Crippen LogP contribution in [0.25, 0.3) is 0 Å². The first kappa shape index (κ1) is 15.5. The number of fused-ring (bicyclic) bond motifs is 1. The van der Waals surface area contributed by atoms with Crippen LogP contribution in [0.3, 0.4) is 0 Å². The van der Waals surface area contributed by atoms with Gasteiger partial charge in [0.05, 0.1) is 24.1 Å². The van der Waals surface area contributed by atoms with Gasteiger partial charge >= 0.3 is 0 Å². The van der Waals surface area contributed by atoms with Crippen molar-refractivity contribution in [2.45, 2.75) is 19.6 Å². The summed E-state index contributed by atoms with van der Waals surface area (Å²) in [5.74, 6) is 1.79. The molecule has 4 rings (SSSR count). The van der Waals surface area contributed by atoms with Crippen LogP contribution >= 0.6 is 0 Å². The molecule has 7 nitrogen and oxygen atoms in total. The Morgan fingerprint density at radius 2 is 2.12 bits per heavy atom. The van der Waals surface area contributed by atoms with Gasteiger partial charge in [-0.2, -0.15) is 5.10 Å². The van der Waals surface area contributed by atoms with Gasteiger partial charge in [-0.05, 0) is 19.1 Å². The zero-order chi connectivity index (χ0) is 16.5. The van der Waals surface area contributed by atoms with Crippen molar-refractivity contribution in [3.8, 4) is 0 Å². The molecule has 0 aliphatic carbocycles. The number of aryl methyl sites for hydroxylation is 2. The highest BCUT2D eigenvalue weighted by atomic mass is 16.5. The Kier molecular flexibility index (Phi) is 4.20. The molecule has 3 atom stereocenters. The Hall–Kier alpha value is -1.99. The maximum absolute atomic E-state index is 6.04. The molecule has 1 N–H and O–H groups in total. The minimum Gasteiger partial charge on any atom is -0.376 e. The van der Waals surface area contributed by atoms with Crippen molar-refractivity contribution in [2.24, 2.45) is 18.9 Å². The third-order valence-corrected chi connectivity index (χ3v) is 5.09. The third kappa shape index (κ3) is 3.14. The highest BCUT2D eigenvalue weighted by Gasteiger charge is 2.43. The number of ether oxygens (including phenoxy) is 1. The zero-order valence-corrected chi connectivity index (χ0v) is 14.2. The summed E-state index contributed by atoms with van der Waals surface area (Å²) in [7, 11) is 2.02. The first-order chi connectivity index (χ1) is 11.7. The number of likely N-dealkylation sites (tertiary alicyclic amines) is 1. The summed E-state index contributed by atoms with van der Waals surface area (Å²) in [6.07, 6.45) is 3.87. The minimum atomic E-state index is 0.350. The maximum Gasteiger partial charge on any atom is 0.222 e. The zero-order valence-electron chi connectivity index (χ0n) is 14.2. The van der Waals surface area contributed by atoms with E-state index in [1.165, 1.54) is 5.69 Å². The van der Waals surface area contributed by atoms with E-state index in [4.69, 9.17) is 4.74 Å². The van der Waals surface area contributed by atoms with Crippen LogP contribution in [0, 0.1) is 18.8 Å². The van der Waals surface area contributed by atoms with E-state index >= 15 is 0 Å². The van der Waals surface area contributed by atoms with E-state index in [1.807, 2.05) is 24.7 Å². The predicted molar refractivity (Wildman–Crippen MR) is 90.5 cm³/mol. The largest absolute Gasteiger partial charge is 0.376 e. The van der Waals surface area contributed by atoms with E-state index in [0.717, 1.165) is 38.5 Å². The summed E-state index contributed by atoms with van der Waals surface area (Å²) < 4.78 is 8.02. The lowest BCUT2D eigenvalue weighted by atomic mass is 9.93. The standard InChI is InChI=1S/C17H24N6O/c1-12-6-14(22(2)21-12)8-23-9-15-13(11-24-16(15)10-23)7-20-17-18-4-3-5-19-17/h3-6,13,15-16H,7-11H2,1-2H3,(H,18,19,20)/t13-,15+,16+/m0/s1. The van der Waals surface area contributed by atoms with Crippen LogP contribution in [0.15, 0.2) is 24.5 Å². The van der Waals surface area contributed by atoms with Crippen molar-refractivity contribution in [3.05, 3.63) is 35.9 Å². The maximum atomic E-state index is 6.04. The Labute approximate surface area is 142 Å². The number of hydrogen-bond donors (Lipinski definition) is 1. The Morgan fingerprint density at radius 1 is 1.29 bits per heavy atom. The van der Waals surface area contributed by atoms with Crippen LogP contribution in [0.1, 0.15) is 11.4 Å². The van der Waals surface area contributed by atoms with Crippen molar-refractivity contribution in [2.75, 3.05) is 31.6 Å². The van der Waals surface area contributed by atoms with Crippen LogP contribution in [0.4, 0.5) is 5.95 Å². The topological polar surface area (TPSA) is 68.1 Å². The van der Waals surface area contributed by atoms with E-state index in [9.17, 15) is 0 Å². The molecule has 128 valence electrons. The second-order valence-electron chi connectivity index (χ2n) is 6.84. The fourth-order valence-electron chi connectivity index (χ4n) is 3.87. The molecule has 2 aliphatic rings. The normalized spacial score (nSPS) is 26.7. The molecule has 2 aromatic heterocycles. The van der Waals surface area contributed by atoms with Gasteiger partial charge in [0.1, 0.15) is 0 Å². The number of aromatic nitrogens is 4. The quantitative estimate of drug-likeness (QED) is 0.886. The second-order valence-corrected chi connectivity index (χ2v) is 6.84. The molecule has 2 fully saturated rings. The number of rotatable bonds is 5. The lowest BCUT2D eigenvalue weighted by Crippen LogP contribution is -2.28. The Bertz CT molecular complexity index is 688. The van der Waals surface area contributed by atoms with Crippen LogP contribution in [-0.2, 0) is 18.3 Å². The second kappa shape index (κ2) is 6.49. The third-order valence-electron chi connectivity index (χ3n) is 5.09. The van der Waals surface area contributed by atoms with Crippen molar-refractivity contribution in [1.29, 1.82) is 0 Å². The average molecular weight is 328 g/mol. The summed E-state index contributed by atoms with van der Waals surface area (Å²) in [6, 6.07) is 4.00. The number of nitrogens with zero attached hydrogens (tertiary/aromatic N) is 5. The average Bonchev–Trinajstić information content (AvgIpc) is 3.22. The number of nitrogens with one attached hydrogen (secondary N) is 1. The van der Waals surface area contributed by atoms with Gasteiger partial charge in [-0.3, -0.25) is 9.58 Å². The van der Waals surface area contributed by atoms with Gasteiger partial charge in [0.15, 0.2) is 0 Å². The first-order valence-corrected chi connectivity index (χ1v) is 8.53. The highest BCUT2D eigenvalue weighted by Crippen LogP contribution is 2.34. The van der Waals surface area contributed by atoms with Crippen molar-refractivity contribution in [1.82, 2.24) is 24.6 Å². The van der Waals surface area contributed by atoms with E-state index in [0.29, 0.717) is 23.9 Å². The van der Waals surface area contributed by atoms with Gasteiger partial charge in [-0.1, -0.05) is 0 Å². The van der Waals surface area contributed by atoms with Gasteiger partial charge in [-0.25, -0.2) is 9.97 Å². The SMILES string of the molecule is Cc1cc(CN2C[C@@H]3[C@@H](CNc4ncccn4)CO[C@@H]3C2)n(C)n1. The number of anilines is 1. The predicted octanol–water partition coefficient (Wildman–Crippen LogP) is 1.08. The van der Waals surface area contributed by atoms with Gasteiger partial charge in [0, 0.05) is 57.5 Å². The summed E-state index contributed by atoms with van der Waals surface area (Å²) >= 11 is 0. The van der Waals surface area contributed by atoms with Crippen LogP contribution in [0.2, 0.25) is 0 Å². The summed E-state index contributed by atoms with van der Waals surface area (Å²) in [5, 5.41) is 7.78. The van der Waals surface area contributed by atoms with E-state index in [2.05, 4.69) is 31.3 Å². The summed E-state index contributed by atoms with van der Waals surface area (Å²) in [5.41, 5.74) is 2.34. The summed E-state index contributed by atoms with van der Waals surface area (Å²) in [4.78, 5) is 10.9. The van der Waals surface area contributed by atoms with E-state index in [1.54, 1.807) is 12.4 Å². The van der Waals surface area contributed by atoms with Crippen molar-refractivity contribution in [3.63, 3.8) is 0 Å². The molecular formula is C17H24N6O. The molecule has 4 heterocycles. The lowest BCUT2D eigenvalue weighted by Gasteiger charge is -2.19. The van der Waals surface area contributed by atoms with Gasteiger partial charge in [-0.15, -0.1) is 0 Å².